The molecule has 0 aliphatic rings. The third-order valence-corrected chi connectivity index (χ3v) is 5.71. The molecule has 0 heterocycles. The third kappa shape index (κ3) is 4.41. The minimum absolute atomic E-state index is 0.00710. The molecule has 0 unspecified atom stereocenters. The molecule has 24 heavy (non-hydrogen) atoms. The van der Waals surface area contributed by atoms with Gasteiger partial charge >= 0.3 is 0 Å². The molecule has 0 spiro atoms. The van der Waals surface area contributed by atoms with Crippen molar-refractivity contribution in [2.45, 2.75) is 37.5 Å². The molecule has 2 aromatic rings. The monoisotopic (exact) mass is 347 g/mol. The van der Waals surface area contributed by atoms with E-state index in [1.54, 1.807) is 30.3 Å². The van der Waals surface area contributed by atoms with E-state index in [0.29, 0.717) is 17.5 Å². The first kappa shape index (κ1) is 18.1. The van der Waals surface area contributed by atoms with E-state index >= 15 is 0 Å². The number of para-hydroxylation sites is 1. The maximum atomic E-state index is 12.3. The Bertz CT molecular complexity index is 798. The fourth-order valence-electron chi connectivity index (χ4n) is 2.56. The molecule has 0 amide bonds. The summed E-state index contributed by atoms with van der Waals surface area (Å²) in [4.78, 5) is 10.9. The minimum atomic E-state index is -3.30. The Labute approximate surface area is 142 Å². The Hall–Kier alpha value is -2.21. The van der Waals surface area contributed by atoms with E-state index in [4.69, 9.17) is 0 Å². The van der Waals surface area contributed by atoms with E-state index in [9.17, 15) is 18.5 Å². The molecule has 0 bridgehead atoms. The molecule has 0 aliphatic heterocycles. The van der Waals surface area contributed by atoms with Crippen LogP contribution in [0.2, 0.25) is 0 Å². The molecule has 0 saturated heterocycles. The van der Waals surface area contributed by atoms with E-state index in [-0.39, 0.29) is 16.3 Å². The predicted octanol–water partition coefficient (Wildman–Crippen LogP) is 4.62. The van der Waals surface area contributed by atoms with Crippen molar-refractivity contribution >= 4 is 15.5 Å². The van der Waals surface area contributed by atoms with Crippen LogP contribution in [0.5, 0.6) is 0 Å². The number of nitro groups is 1. The van der Waals surface area contributed by atoms with Gasteiger partial charge in [-0.1, -0.05) is 50.5 Å². The van der Waals surface area contributed by atoms with Crippen molar-refractivity contribution in [1.82, 2.24) is 0 Å². The van der Waals surface area contributed by atoms with Gasteiger partial charge in [-0.3, -0.25) is 10.1 Å². The number of nitro benzene ring substituents is 1. The number of nitrogens with zero attached hydrogens (tertiary/aromatic N) is 1. The van der Waals surface area contributed by atoms with Crippen LogP contribution in [-0.2, 0) is 9.84 Å². The average Bonchev–Trinajstić information content (AvgIpc) is 2.59. The summed E-state index contributed by atoms with van der Waals surface area (Å²) in [6, 6.07) is 12.7. The highest BCUT2D eigenvalue weighted by atomic mass is 32.2. The van der Waals surface area contributed by atoms with Crippen LogP contribution in [0.25, 0.3) is 11.1 Å². The minimum Gasteiger partial charge on any atom is -0.258 e. The van der Waals surface area contributed by atoms with Gasteiger partial charge in [0.2, 0.25) is 0 Å². The van der Waals surface area contributed by atoms with Crippen LogP contribution in [0.3, 0.4) is 0 Å². The van der Waals surface area contributed by atoms with E-state index in [1.807, 2.05) is 0 Å². The molecule has 0 atom stereocenters. The van der Waals surface area contributed by atoms with Crippen molar-refractivity contribution in [3.63, 3.8) is 0 Å². The Kier molecular flexibility index (Phi) is 6.09. The van der Waals surface area contributed by atoms with Gasteiger partial charge < -0.3 is 0 Å². The summed E-state index contributed by atoms with van der Waals surface area (Å²) in [5.41, 5.74) is 1.12. The van der Waals surface area contributed by atoms with Crippen LogP contribution in [0.4, 0.5) is 5.69 Å². The Morgan fingerprint density at radius 2 is 1.62 bits per heavy atom. The van der Waals surface area contributed by atoms with E-state index < -0.39 is 14.8 Å². The second-order valence-electron chi connectivity index (χ2n) is 5.68. The van der Waals surface area contributed by atoms with Crippen LogP contribution in [0.1, 0.15) is 32.6 Å². The van der Waals surface area contributed by atoms with Gasteiger partial charge in [-0.15, -0.1) is 0 Å². The van der Waals surface area contributed by atoms with Gasteiger partial charge in [-0.25, -0.2) is 8.42 Å². The normalized spacial score (nSPS) is 11.4. The highest BCUT2D eigenvalue weighted by molar-refractivity contribution is 7.91. The maximum absolute atomic E-state index is 12.3. The van der Waals surface area contributed by atoms with Gasteiger partial charge in [0, 0.05) is 6.07 Å². The van der Waals surface area contributed by atoms with Crippen molar-refractivity contribution in [2.24, 2.45) is 0 Å². The van der Waals surface area contributed by atoms with Gasteiger partial charge in [0.05, 0.1) is 21.1 Å². The molecule has 0 radical (unpaired) electrons. The number of benzene rings is 2. The fourth-order valence-corrected chi connectivity index (χ4v) is 3.93. The van der Waals surface area contributed by atoms with Crippen LogP contribution >= 0.6 is 0 Å². The molecule has 0 N–H and O–H groups in total. The molecule has 0 fully saturated rings. The lowest BCUT2D eigenvalue weighted by Gasteiger charge is -2.07. The highest BCUT2D eigenvalue weighted by Crippen LogP contribution is 2.30. The number of hydrogen-bond acceptors (Lipinski definition) is 4. The predicted molar refractivity (Wildman–Crippen MR) is 94.7 cm³/mol. The summed E-state index contributed by atoms with van der Waals surface area (Å²) < 4.78 is 24.6. The smallest absolute Gasteiger partial charge is 0.258 e. The molecule has 128 valence electrons. The van der Waals surface area contributed by atoms with Crippen LogP contribution in [0, 0.1) is 10.1 Å². The van der Waals surface area contributed by atoms with Crippen molar-refractivity contribution < 1.29 is 13.3 Å². The van der Waals surface area contributed by atoms with Crippen molar-refractivity contribution in [2.75, 3.05) is 5.75 Å². The van der Waals surface area contributed by atoms with Crippen LogP contribution < -0.4 is 0 Å². The largest absolute Gasteiger partial charge is 0.277 e. The maximum Gasteiger partial charge on any atom is 0.277 e. The second-order valence-corrected chi connectivity index (χ2v) is 7.79. The lowest BCUT2D eigenvalue weighted by molar-refractivity contribution is -0.384. The fraction of sp³-hybridized carbons (Fsp3) is 0.333. The first-order valence-electron chi connectivity index (χ1n) is 8.02. The average molecular weight is 347 g/mol. The number of hydrogen-bond donors (Lipinski definition) is 0. The first-order valence-corrected chi connectivity index (χ1v) is 9.67. The zero-order chi connectivity index (χ0) is 17.6. The van der Waals surface area contributed by atoms with E-state index in [0.717, 1.165) is 19.3 Å². The van der Waals surface area contributed by atoms with Gasteiger partial charge in [-0.05, 0) is 30.2 Å². The van der Waals surface area contributed by atoms with Gasteiger partial charge in [-0.2, -0.15) is 0 Å². The molecule has 0 aromatic heterocycles. The van der Waals surface area contributed by atoms with Crippen LogP contribution in [-0.4, -0.2) is 19.1 Å². The molecule has 6 heteroatoms. The SMILES string of the molecule is CCCCCCS(=O)(=O)c1ccc(-c2ccccc2[N+](=O)[O-])cc1. The summed E-state index contributed by atoms with van der Waals surface area (Å²) in [6.07, 6.45) is 3.66. The third-order valence-electron chi connectivity index (χ3n) is 3.89. The Morgan fingerprint density at radius 1 is 0.958 bits per heavy atom. The quantitative estimate of drug-likeness (QED) is 0.397. The van der Waals surface area contributed by atoms with E-state index in [2.05, 4.69) is 6.92 Å². The van der Waals surface area contributed by atoms with Crippen molar-refractivity contribution in [1.29, 1.82) is 0 Å². The van der Waals surface area contributed by atoms with E-state index in [1.165, 1.54) is 18.2 Å². The van der Waals surface area contributed by atoms with Gasteiger partial charge in [0.15, 0.2) is 9.84 Å². The topological polar surface area (TPSA) is 77.3 Å². The molecule has 0 saturated carbocycles. The van der Waals surface area contributed by atoms with Gasteiger partial charge in [0.1, 0.15) is 0 Å². The lowest BCUT2D eigenvalue weighted by atomic mass is 10.0. The molecule has 5 nitrogen and oxygen atoms in total. The summed E-state index contributed by atoms with van der Waals surface area (Å²) in [5.74, 6) is 0.137. The first-order chi connectivity index (χ1) is 11.5. The lowest BCUT2D eigenvalue weighted by Crippen LogP contribution is -2.06. The molecular weight excluding hydrogens is 326 g/mol. The second kappa shape index (κ2) is 8.06. The molecule has 2 rings (SSSR count). The number of rotatable bonds is 8. The highest BCUT2D eigenvalue weighted by Gasteiger charge is 2.17. The molecular formula is C18H21NO4S. The van der Waals surface area contributed by atoms with Crippen LogP contribution in [0.15, 0.2) is 53.4 Å². The summed E-state index contributed by atoms with van der Waals surface area (Å²) in [5, 5.41) is 11.1. The standard InChI is InChI=1S/C18H21NO4S/c1-2-3-4-7-14-24(22,23)16-12-10-15(11-13-16)17-8-5-6-9-18(17)19(20)21/h5-6,8-13H,2-4,7,14H2,1H3. The summed E-state index contributed by atoms with van der Waals surface area (Å²) in [6.45, 7) is 2.08. The Morgan fingerprint density at radius 3 is 2.25 bits per heavy atom. The molecule has 2 aromatic carbocycles. The van der Waals surface area contributed by atoms with Gasteiger partial charge in [0.25, 0.3) is 5.69 Å². The number of unbranched alkanes of at least 4 members (excludes halogenated alkanes) is 3. The zero-order valence-electron chi connectivity index (χ0n) is 13.6. The van der Waals surface area contributed by atoms with Crippen molar-refractivity contribution in [3.05, 3.63) is 58.6 Å². The zero-order valence-corrected chi connectivity index (χ0v) is 14.5. The molecule has 0 aliphatic carbocycles. The number of sulfone groups is 1. The van der Waals surface area contributed by atoms with Crippen molar-refractivity contribution in [3.8, 4) is 11.1 Å². The summed E-state index contributed by atoms with van der Waals surface area (Å²) in [7, 11) is -3.30. The Balaban J connectivity index is 2.21. The summed E-state index contributed by atoms with van der Waals surface area (Å²) >= 11 is 0.